The van der Waals surface area contributed by atoms with E-state index in [1.807, 2.05) is 0 Å². The van der Waals surface area contributed by atoms with Gasteiger partial charge in [0.05, 0.1) is 12.6 Å². The molecule has 0 aromatic heterocycles. The van der Waals surface area contributed by atoms with E-state index in [1.54, 1.807) is 24.3 Å². The lowest BCUT2D eigenvalue weighted by Gasteiger charge is -2.39. The van der Waals surface area contributed by atoms with E-state index >= 15 is 0 Å². The summed E-state index contributed by atoms with van der Waals surface area (Å²) in [6.45, 7) is 3.56. The standard InChI is InChI=1S/C23H25F2N3O2/c24-19-7-3-17(4-8-19)23(18-5-9-20(25)10-6-18)27-14-12-26(13-15-27)16-22(30)28-11-1-2-21(28)29/h3-10,23H,1-2,11-16H2. The Kier molecular flexibility index (Phi) is 6.20. The van der Waals surface area contributed by atoms with Crippen molar-refractivity contribution >= 4 is 11.8 Å². The molecule has 0 aliphatic carbocycles. The first-order chi connectivity index (χ1) is 14.5. The Morgan fingerprint density at radius 2 is 1.37 bits per heavy atom. The first kappa shape index (κ1) is 20.6. The van der Waals surface area contributed by atoms with Crippen molar-refractivity contribution in [1.29, 1.82) is 0 Å². The number of hydrogen-bond donors (Lipinski definition) is 0. The predicted octanol–water partition coefficient (Wildman–Crippen LogP) is 2.82. The van der Waals surface area contributed by atoms with Crippen LogP contribution in [0.3, 0.4) is 0 Å². The SMILES string of the molecule is O=C1CCCN1C(=O)CN1CCN(C(c2ccc(F)cc2)c2ccc(F)cc2)CC1. The molecule has 0 saturated carbocycles. The van der Waals surface area contributed by atoms with Gasteiger partial charge in [0, 0.05) is 39.1 Å². The highest BCUT2D eigenvalue weighted by atomic mass is 19.1. The minimum atomic E-state index is -0.295. The molecule has 0 bridgehead atoms. The van der Waals surface area contributed by atoms with E-state index in [0.29, 0.717) is 39.1 Å². The molecule has 0 spiro atoms. The molecule has 0 radical (unpaired) electrons. The Morgan fingerprint density at radius 1 is 0.833 bits per heavy atom. The van der Waals surface area contributed by atoms with Gasteiger partial charge in [0.2, 0.25) is 11.8 Å². The summed E-state index contributed by atoms with van der Waals surface area (Å²) in [7, 11) is 0. The number of carbonyl (C=O) groups excluding carboxylic acids is 2. The predicted molar refractivity (Wildman–Crippen MR) is 109 cm³/mol. The molecule has 4 rings (SSSR count). The van der Waals surface area contributed by atoms with Crippen molar-refractivity contribution in [3.05, 3.63) is 71.3 Å². The van der Waals surface area contributed by atoms with Gasteiger partial charge < -0.3 is 0 Å². The maximum atomic E-state index is 13.4. The molecule has 2 aliphatic rings. The lowest BCUT2D eigenvalue weighted by Crippen LogP contribution is -2.51. The summed E-state index contributed by atoms with van der Waals surface area (Å²) in [5.41, 5.74) is 1.88. The summed E-state index contributed by atoms with van der Waals surface area (Å²) in [5.74, 6) is -0.793. The third kappa shape index (κ3) is 4.57. The van der Waals surface area contributed by atoms with Crippen LogP contribution in [-0.2, 0) is 9.59 Å². The largest absolute Gasteiger partial charge is 0.292 e. The smallest absolute Gasteiger partial charge is 0.243 e. The zero-order chi connectivity index (χ0) is 21.1. The first-order valence-corrected chi connectivity index (χ1v) is 10.3. The van der Waals surface area contributed by atoms with Crippen LogP contribution in [0.2, 0.25) is 0 Å². The third-order valence-electron chi connectivity index (χ3n) is 5.88. The van der Waals surface area contributed by atoms with Gasteiger partial charge in [-0.2, -0.15) is 0 Å². The summed E-state index contributed by atoms with van der Waals surface area (Å²) in [6, 6.07) is 12.7. The van der Waals surface area contributed by atoms with E-state index in [2.05, 4.69) is 9.80 Å². The second-order valence-electron chi connectivity index (χ2n) is 7.86. The fraction of sp³-hybridized carbons (Fsp3) is 0.391. The Morgan fingerprint density at radius 3 is 1.83 bits per heavy atom. The normalized spacial score (nSPS) is 18.4. The van der Waals surface area contributed by atoms with Crippen LogP contribution >= 0.6 is 0 Å². The van der Waals surface area contributed by atoms with Crippen molar-refractivity contribution < 1.29 is 18.4 Å². The number of amides is 2. The van der Waals surface area contributed by atoms with E-state index in [9.17, 15) is 18.4 Å². The molecule has 5 nitrogen and oxygen atoms in total. The molecular formula is C23H25F2N3O2. The van der Waals surface area contributed by atoms with Gasteiger partial charge in [-0.25, -0.2) is 8.78 Å². The zero-order valence-electron chi connectivity index (χ0n) is 16.8. The average molecular weight is 413 g/mol. The summed E-state index contributed by atoms with van der Waals surface area (Å²) >= 11 is 0. The molecular weight excluding hydrogens is 388 g/mol. The van der Waals surface area contributed by atoms with Gasteiger partial charge in [0.1, 0.15) is 11.6 Å². The molecule has 0 unspecified atom stereocenters. The molecule has 2 heterocycles. The molecule has 2 amide bonds. The summed E-state index contributed by atoms with van der Waals surface area (Å²) in [6.07, 6.45) is 1.20. The fourth-order valence-electron chi connectivity index (χ4n) is 4.27. The fourth-order valence-corrected chi connectivity index (χ4v) is 4.27. The van der Waals surface area contributed by atoms with Crippen molar-refractivity contribution in [3.63, 3.8) is 0 Å². The van der Waals surface area contributed by atoms with E-state index in [0.717, 1.165) is 17.5 Å². The number of hydrogen-bond acceptors (Lipinski definition) is 4. The van der Waals surface area contributed by atoms with Crippen LogP contribution in [0.1, 0.15) is 30.0 Å². The summed E-state index contributed by atoms with van der Waals surface area (Å²) in [5, 5.41) is 0. The molecule has 0 atom stereocenters. The number of nitrogens with zero attached hydrogens (tertiary/aromatic N) is 3. The highest BCUT2D eigenvalue weighted by Crippen LogP contribution is 2.30. The van der Waals surface area contributed by atoms with Crippen molar-refractivity contribution in [3.8, 4) is 0 Å². The van der Waals surface area contributed by atoms with Crippen molar-refractivity contribution in [1.82, 2.24) is 14.7 Å². The molecule has 0 N–H and O–H groups in total. The quantitative estimate of drug-likeness (QED) is 0.756. The molecule has 7 heteroatoms. The number of likely N-dealkylation sites (tertiary alicyclic amines) is 1. The molecule has 2 aromatic carbocycles. The maximum absolute atomic E-state index is 13.4. The first-order valence-electron chi connectivity index (χ1n) is 10.3. The number of carbonyl (C=O) groups is 2. The summed E-state index contributed by atoms with van der Waals surface area (Å²) in [4.78, 5) is 29.9. The van der Waals surface area contributed by atoms with Crippen LogP contribution in [0.5, 0.6) is 0 Å². The van der Waals surface area contributed by atoms with Crippen LogP contribution < -0.4 is 0 Å². The lowest BCUT2D eigenvalue weighted by molar-refractivity contribution is -0.142. The van der Waals surface area contributed by atoms with Crippen molar-refractivity contribution in [2.75, 3.05) is 39.3 Å². The number of rotatable bonds is 5. The maximum Gasteiger partial charge on any atom is 0.243 e. The number of imide groups is 1. The number of benzene rings is 2. The minimum absolute atomic E-state index is 0.0775. The van der Waals surface area contributed by atoms with E-state index in [-0.39, 0.29) is 36.0 Å². The minimum Gasteiger partial charge on any atom is -0.292 e. The molecule has 30 heavy (non-hydrogen) atoms. The van der Waals surface area contributed by atoms with Crippen molar-refractivity contribution in [2.45, 2.75) is 18.9 Å². The Bertz CT molecular complexity index is 848. The lowest BCUT2D eigenvalue weighted by atomic mass is 9.96. The highest BCUT2D eigenvalue weighted by molar-refractivity contribution is 5.97. The van der Waals surface area contributed by atoms with Gasteiger partial charge in [-0.15, -0.1) is 0 Å². The van der Waals surface area contributed by atoms with Gasteiger partial charge in [0.25, 0.3) is 0 Å². The van der Waals surface area contributed by atoms with E-state index in [1.165, 1.54) is 29.2 Å². The molecule has 2 aromatic rings. The van der Waals surface area contributed by atoms with E-state index < -0.39 is 0 Å². The number of halogens is 2. The second-order valence-corrected chi connectivity index (χ2v) is 7.86. The topological polar surface area (TPSA) is 43.9 Å². The highest BCUT2D eigenvalue weighted by Gasteiger charge is 2.30. The van der Waals surface area contributed by atoms with Crippen LogP contribution in [0.15, 0.2) is 48.5 Å². The monoisotopic (exact) mass is 413 g/mol. The average Bonchev–Trinajstić information content (AvgIpc) is 3.18. The third-order valence-corrected chi connectivity index (χ3v) is 5.88. The van der Waals surface area contributed by atoms with Gasteiger partial charge in [-0.1, -0.05) is 24.3 Å². The van der Waals surface area contributed by atoms with Gasteiger partial charge in [0.15, 0.2) is 0 Å². The Labute approximate surface area is 174 Å². The van der Waals surface area contributed by atoms with Crippen LogP contribution in [0.25, 0.3) is 0 Å². The number of piperazine rings is 1. The summed E-state index contributed by atoms with van der Waals surface area (Å²) < 4.78 is 26.9. The van der Waals surface area contributed by atoms with Gasteiger partial charge >= 0.3 is 0 Å². The zero-order valence-corrected chi connectivity index (χ0v) is 16.8. The van der Waals surface area contributed by atoms with Gasteiger partial charge in [-0.05, 0) is 41.8 Å². The molecule has 158 valence electrons. The van der Waals surface area contributed by atoms with Crippen LogP contribution in [0.4, 0.5) is 8.78 Å². The second kappa shape index (κ2) is 9.02. The van der Waals surface area contributed by atoms with Crippen LogP contribution in [-0.4, -0.2) is 65.8 Å². The molecule has 2 aliphatic heterocycles. The van der Waals surface area contributed by atoms with E-state index in [4.69, 9.17) is 0 Å². The Hall–Kier alpha value is -2.64. The molecule has 2 saturated heterocycles. The van der Waals surface area contributed by atoms with Crippen LogP contribution in [0, 0.1) is 11.6 Å². The Balaban J connectivity index is 1.45. The molecule has 2 fully saturated rings. The van der Waals surface area contributed by atoms with Gasteiger partial charge in [-0.3, -0.25) is 24.3 Å². The van der Waals surface area contributed by atoms with Crippen molar-refractivity contribution in [2.24, 2.45) is 0 Å².